The molecule has 0 radical (unpaired) electrons. The highest BCUT2D eigenvalue weighted by Gasteiger charge is 2.20. The van der Waals surface area contributed by atoms with Gasteiger partial charge in [-0.2, -0.15) is 5.11 Å². The fourth-order valence-electron chi connectivity index (χ4n) is 2.44. The molecule has 0 aliphatic carbocycles. The minimum absolute atomic E-state index is 0.0165. The monoisotopic (exact) mass is 339 g/mol. The highest BCUT2D eigenvalue weighted by Crippen LogP contribution is 2.46. The van der Waals surface area contributed by atoms with Gasteiger partial charge < -0.3 is 39.5 Å². The fraction of sp³-hybridized carbons (Fsp3) is 0. The third-order valence-electron chi connectivity index (χ3n) is 3.75. The lowest BCUT2D eigenvalue weighted by Gasteiger charge is -2.16. The summed E-state index contributed by atoms with van der Waals surface area (Å²) in [5.74, 6) is 0.188. The molecule has 0 aliphatic heterocycles. The Balaban J connectivity index is 2.29. The number of nitrogens with two attached hydrogens (primary N) is 6. The largest absolute Gasteiger partial charge is 0.508 e. The van der Waals surface area contributed by atoms with Crippen LogP contribution >= 0.6 is 0 Å². The van der Waals surface area contributed by atoms with Crippen LogP contribution in [0.3, 0.4) is 0 Å². The van der Waals surface area contributed by atoms with Crippen molar-refractivity contribution in [1.29, 1.82) is 0 Å². The van der Waals surface area contributed by atoms with Crippen LogP contribution in [0.5, 0.6) is 5.75 Å². The maximum Gasteiger partial charge on any atom is 0.154 e. The van der Waals surface area contributed by atoms with Crippen molar-refractivity contribution < 1.29 is 5.11 Å². The second-order valence-corrected chi connectivity index (χ2v) is 5.35. The van der Waals surface area contributed by atoms with Crippen LogP contribution in [-0.2, 0) is 0 Å². The zero-order valence-corrected chi connectivity index (χ0v) is 13.1. The molecule has 10 heteroatoms. The summed E-state index contributed by atoms with van der Waals surface area (Å²) in [6, 6.07) is 6.10. The lowest BCUT2D eigenvalue weighted by Crippen LogP contribution is -2.08. The molecule has 128 valence electrons. The molecule has 10 nitrogen and oxygen atoms in total. The fourth-order valence-corrected chi connectivity index (χ4v) is 2.44. The van der Waals surface area contributed by atoms with Gasteiger partial charge >= 0.3 is 0 Å². The zero-order valence-electron chi connectivity index (χ0n) is 13.1. The minimum atomic E-state index is 0.0165. The lowest BCUT2D eigenvalue weighted by molar-refractivity contribution is 0.475. The number of phenolic OH excluding ortho intramolecular Hbond substituents is 1. The van der Waals surface area contributed by atoms with Crippen LogP contribution < -0.4 is 34.4 Å². The number of hydrogen-bond acceptors (Lipinski definition) is 10. The summed E-state index contributed by atoms with van der Waals surface area (Å²) in [7, 11) is 0. The Hall–Kier alpha value is -3.95. The minimum Gasteiger partial charge on any atom is -0.508 e. The van der Waals surface area contributed by atoms with Crippen molar-refractivity contribution >= 4 is 56.5 Å². The summed E-state index contributed by atoms with van der Waals surface area (Å²) in [4.78, 5) is 4.03. The van der Waals surface area contributed by atoms with Crippen LogP contribution in [0.15, 0.2) is 34.5 Å². The average Bonchev–Trinajstić information content (AvgIpc) is 2.58. The Morgan fingerprint density at radius 2 is 1.24 bits per heavy atom. The number of benzene rings is 2. The maximum absolute atomic E-state index is 9.31. The Morgan fingerprint density at radius 3 is 1.84 bits per heavy atom. The van der Waals surface area contributed by atoms with Crippen LogP contribution in [0.2, 0.25) is 0 Å². The maximum atomic E-state index is 9.31. The number of pyridine rings is 1. The Morgan fingerprint density at radius 1 is 0.680 bits per heavy atom. The van der Waals surface area contributed by atoms with Crippen LogP contribution in [0.1, 0.15) is 0 Å². The zero-order chi connectivity index (χ0) is 18.3. The van der Waals surface area contributed by atoms with Gasteiger partial charge in [0.2, 0.25) is 0 Å². The number of azo groups is 1. The van der Waals surface area contributed by atoms with E-state index in [1.807, 2.05) is 0 Å². The van der Waals surface area contributed by atoms with Gasteiger partial charge in [0, 0.05) is 5.39 Å². The molecule has 1 aromatic heterocycles. The molecule has 0 amide bonds. The molecule has 3 aromatic rings. The van der Waals surface area contributed by atoms with Gasteiger partial charge in [-0.3, -0.25) is 0 Å². The third kappa shape index (κ3) is 2.51. The lowest BCUT2D eigenvalue weighted by atomic mass is 10.0. The standard InChI is InChI=1S/C15H17N9O/c16-9-7-8(10(17)12(19)11(9)18)14(20)22-15(21)13(7)24-23-5-1-3-6(25)4-2-5/h1-4,25H,16-19H2,(H4,20,21,22). The predicted octanol–water partition coefficient (Wildman–Crippen LogP) is 1.85. The van der Waals surface area contributed by atoms with Crippen molar-refractivity contribution in [3.63, 3.8) is 0 Å². The first-order valence-corrected chi connectivity index (χ1v) is 7.12. The molecule has 0 fully saturated rings. The second kappa shape index (κ2) is 5.60. The van der Waals surface area contributed by atoms with Crippen molar-refractivity contribution in [1.82, 2.24) is 4.98 Å². The summed E-state index contributed by atoms with van der Waals surface area (Å²) in [6.45, 7) is 0. The molecular formula is C15H17N9O. The van der Waals surface area contributed by atoms with Crippen molar-refractivity contribution in [2.24, 2.45) is 10.2 Å². The van der Waals surface area contributed by atoms with Gasteiger partial charge in [-0.25, -0.2) is 4.98 Å². The first-order chi connectivity index (χ1) is 11.8. The van der Waals surface area contributed by atoms with Crippen molar-refractivity contribution in [2.75, 3.05) is 34.4 Å². The van der Waals surface area contributed by atoms with Crippen molar-refractivity contribution in [3.05, 3.63) is 24.3 Å². The molecule has 0 spiro atoms. The number of rotatable bonds is 2. The highest BCUT2D eigenvalue weighted by molar-refractivity contribution is 6.20. The van der Waals surface area contributed by atoms with Gasteiger partial charge in [0.25, 0.3) is 0 Å². The van der Waals surface area contributed by atoms with Gasteiger partial charge in [-0.1, -0.05) is 0 Å². The average molecular weight is 339 g/mol. The first kappa shape index (κ1) is 15.9. The molecule has 0 saturated heterocycles. The van der Waals surface area contributed by atoms with Gasteiger partial charge in [-0.05, 0) is 24.3 Å². The second-order valence-electron chi connectivity index (χ2n) is 5.35. The van der Waals surface area contributed by atoms with Crippen molar-refractivity contribution in [3.8, 4) is 5.75 Å². The number of nitrogen functional groups attached to an aromatic ring is 6. The van der Waals surface area contributed by atoms with Crippen LogP contribution in [0.4, 0.5) is 45.8 Å². The molecular weight excluding hydrogens is 322 g/mol. The first-order valence-electron chi connectivity index (χ1n) is 7.12. The summed E-state index contributed by atoms with van der Waals surface area (Å²) in [5.41, 5.74) is 36.9. The van der Waals surface area contributed by atoms with E-state index in [1.54, 1.807) is 12.1 Å². The smallest absolute Gasteiger partial charge is 0.154 e. The summed E-state index contributed by atoms with van der Waals surface area (Å²) < 4.78 is 0. The molecule has 0 saturated carbocycles. The van der Waals surface area contributed by atoms with E-state index in [0.717, 1.165) is 0 Å². The number of aromatic nitrogens is 1. The van der Waals surface area contributed by atoms with E-state index in [-0.39, 0.29) is 45.8 Å². The van der Waals surface area contributed by atoms with Gasteiger partial charge in [-0.15, -0.1) is 5.11 Å². The normalized spacial score (nSPS) is 11.4. The molecule has 0 atom stereocenters. The molecule has 1 heterocycles. The molecule has 0 bridgehead atoms. The number of phenols is 1. The summed E-state index contributed by atoms with van der Waals surface area (Å²) >= 11 is 0. The molecule has 25 heavy (non-hydrogen) atoms. The number of anilines is 6. The van der Waals surface area contributed by atoms with Crippen molar-refractivity contribution in [2.45, 2.75) is 0 Å². The number of fused-ring (bicyclic) bond motifs is 1. The van der Waals surface area contributed by atoms with Gasteiger partial charge in [0.1, 0.15) is 17.3 Å². The SMILES string of the molecule is Nc1nc(N)c2c(N)c(N)c(N)c(N)c2c1N=Nc1ccc(O)cc1. The quantitative estimate of drug-likeness (QED) is 0.269. The van der Waals surface area contributed by atoms with Crippen LogP contribution in [-0.4, -0.2) is 10.1 Å². The van der Waals surface area contributed by atoms with Gasteiger partial charge in [0.15, 0.2) is 5.82 Å². The molecule has 0 aliphatic rings. The van der Waals surface area contributed by atoms with Crippen LogP contribution in [0.25, 0.3) is 10.8 Å². The Labute approximate surface area is 142 Å². The Bertz CT molecular complexity index is 1010. The molecule has 13 N–H and O–H groups in total. The third-order valence-corrected chi connectivity index (χ3v) is 3.75. The van der Waals surface area contributed by atoms with E-state index < -0.39 is 0 Å². The molecule has 3 rings (SSSR count). The van der Waals surface area contributed by atoms with E-state index in [2.05, 4.69) is 15.2 Å². The number of aromatic hydroxyl groups is 1. The molecule has 0 unspecified atom stereocenters. The number of nitrogens with zero attached hydrogens (tertiary/aromatic N) is 3. The van der Waals surface area contributed by atoms with E-state index in [1.165, 1.54) is 12.1 Å². The van der Waals surface area contributed by atoms with E-state index in [0.29, 0.717) is 16.5 Å². The summed E-state index contributed by atoms with van der Waals surface area (Å²) in [5, 5.41) is 18.1. The van der Waals surface area contributed by atoms with Crippen LogP contribution in [0, 0.1) is 0 Å². The topological polar surface area (TPSA) is 214 Å². The van der Waals surface area contributed by atoms with E-state index in [9.17, 15) is 5.11 Å². The van der Waals surface area contributed by atoms with E-state index in [4.69, 9.17) is 34.4 Å². The summed E-state index contributed by atoms with van der Waals surface area (Å²) in [6.07, 6.45) is 0. The van der Waals surface area contributed by atoms with E-state index >= 15 is 0 Å². The number of hydrogen-bond donors (Lipinski definition) is 7. The predicted molar refractivity (Wildman–Crippen MR) is 101 cm³/mol. The molecule has 2 aromatic carbocycles. The highest BCUT2D eigenvalue weighted by atomic mass is 16.3. The van der Waals surface area contributed by atoms with Gasteiger partial charge in [0.05, 0.1) is 33.8 Å². The Kier molecular flexibility index (Phi) is 3.57.